The van der Waals surface area contributed by atoms with Crippen LogP contribution < -0.4 is 10.6 Å². The van der Waals surface area contributed by atoms with Crippen molar-refractivity contribution < 1.29 is 14.0 Å². The minimum absolute atomic E-state index is 0.0249. The minimum Gasteiger partial charge on any atom is -0.341 e. The van der Waals surface area contributed by atoms with Crippen molar-refractivity contribution in [2.75, 3.05) is 12.4 Å². The molecule has 0 bridgehead atoms. The van der Waals surface area contributed by atoms with Gasteiger partial charge in [-0.15, -0.1) is 0 Å². The molecule has 0 saturated carbocycles. The van der Waals surface area contributed by atoms with E-state index in [1.807, 2.05) is 13.8 Å². The molecule has 114 valence electrons. The van der Waals surface area contributed by atoms with Crippen LogP contribution in [0.1, 0.15) is 25.8 Å². The predicted octanol–water partition coefficient (Wildman–Crippen LogP) is 1.73. The fraction of sp³-hybridized carbons (Fsp3) is 0.500. The topological polar surface area (TPSA) is 74.3 Å². The summed E-state index contributed by atoms with van der Waals surface area (Å²) in [7, 11) is 1.49. The molecule has 0 aliphatic carbocycles. The number of nitrogens with zero attached hydrogens (tertiary/aromatic N) is 2. The van der Waals surface area contributed by atoms with Crippen LogP contribution in [0.2, 0.25) is 0 Å². The lowest BCUT2D eigenvalue weighted by Crippen LogP contribution is -2.51. The molecular formula is C14H19FN4O2. The first kappa shape index (κ1) is 15.2. The van der Waals surface area contributed by atoms with E-state index in [-0.39, 0.29) is 23.9 Å². The van der Waals surface area contributed by atoms with Crippen LogP contribution in [0, 0.1) is 11.7 Å². The van der Waals surface area contributed by atoms with E-state index in [1.165, 1.54) is 18.1 Å². The average Bonchev–Trinajstić information content (AvgIpc) is 2.62. The standard InChI is InChI=1S/C14H19FN4O2/c1-4-8(2)12-13(20)18-11-6-17-5-10(15)9(11)7-19(12)14(21)16-3/h5-6,8,12H,4,7H2,1-3H3,(H,16,21)(H,18,20)/t8-,12-/m0/s1. The fourth-order valence-electron chi connectivity index (χ4n) is 2.48. The predicted molar refractivity (Wildman–Crippen MR) is 76.1 cm³/mol. The highest BCUT2D eigenvalue weighted by Gasteiger charge is 2.37. The van der Waals surface area contributed by atoms with Crippen molar-refractivity contribution in [3.63, 3.8) is 0 Å². The second-order valence-corrected chi connectivity index (χ2v) is 5.15. The zero-order chi connectivity index (χ0) is 15.6. The van der Waals surface area contributed by atoms with Crippen molar-refractivity contribution in [2.24, 2.45) is 5.92 Å². The van der Waals surface area contributed by atoms with Gasteiger partial charge >= 0.3 is 6.03 Å². The molecule has 7 heteroatoms. The Labute approximate surface area is 122 Å². The van der Waals surface area contributed by atoms with Gasteiger partial charge in [0.1, 0.15) is 11.9 Å². The van der Waals surface area contributed by atoms with Crippen molar-refractivity contribution in [3.8, 4) is 0 Å². The number of nitrogens with one attached hydrogen (secondary N) is 2. The lowest BCUT2D eigenvalue weighted by molar-refractivity contribution is -0.121. The molecule has 2 atom stereocenters. The molecule has 0 radical (unpaired) electrons. The number of amides is 3. The molecule has 0 aromatic carbocycles. The first-order chi connectivity index (χ1) is 9.99. The summed E-state index contributed by atoms with van der Waals surface area (Å²) in [6.45, 7) is 3.86. The molecule has 0 fully saturated rings. The van der Waals surface area contributed by atoms with Gasteiger partial charge in [-0.05, 0) is 5.92 Å². The number of carbonyl (C=O) groups is 2. The molecule has 0 spiro atoms. The molecule has 0 unspecified atom stereocenters. The maximum absolute atomic E-state index is 14.0. The third kappa shape index (κ3) is 2.81. The van der Waals surface area contributed by atoms with Crippen LogP contribution in [0.5, 0.6) is 0 Å². The Hall–Kier alpha value is -2.18. The molecule has 2 heterocycles. The van der Waals surface area contributed by atoms with Crippen LogP contribution in [-0.2, 0) is 11.3 Å². The Balaban J connectivity index is 2.49. The van der Waals surface area contributed by atoms with Crippen molar-refractivity contribution >= 4 is 17.6 Å². The van der Waals surface area contributed by atoms with E-state index < -0.39 is 17.9 Å². The number of halogens is 1. The van der Waals surface area contributed by atoms with Crippen LogP contribution in [-0.4, -0.2) is 34.9 Å². The summed E-state index contributed by atoms with van der Waals surface area (Å²) in [6, 6.07) is -1.05. The third-order valence-electron chi connectivity index (χ3n) is 3.85. The van der Waals surface area contributed by atoms with Gasteiger partial charge < -0.3 is 15.5 Å². The van der Waals surface area contributed by atoms with Crippen LogP contribution in [0.3, 0.4) is 0 Å². The second-order valence-electron chi connectivity index (χ2n) is 5.15. The van der Waals surface area contributed by atoms with Crippen molar-refractivity contribution in [1.82, 2.24) is 15.2 Å². The highest BCUT2D eigenvalue weighted by molar-refractivity contribution is 5.98. The molecule has 2 N–H and O–H groups in total. The molecule has 6 nitrogen and oxygen atoms in total. The normalized spacial score (nSPS) is 19.3. The molecule has 2 rings (SSSR count). The van der Waals surface area contributed by atoms with E-state index in [9.17, 15) is 14.0 Å². The Bertz CT molecular complexity index is 564. The molecule has 1 aromatic rings. The van der Waals surface area contributed by atoms with Gasteiger partial charge in [0.2, 0.25) is 5.91 Å². The van der Waals surface area contributed by atoms with Crippen molar-refractivity contribution in [1.29, 1.82) is 0 Å². The molecule has 3 amide bonds. The first-order valence-electron chi connectivity index (χ1n) is 6.91. The van der Waals surface area contributed by atoms with Crippen LogP contribution in [0.4, 0.5) is 14.9 Å². The Kier molecular flexibility index (Phi) is 4.40. The van der Waals surface area contributed by atoms with Gasteiger partial charge in [-0.3, -0.25) is 9.78 Å². The zero-order valence-corrected chi connectivity index (χ0v) is 12.3. The number of hydrogen-bond acceptors (Lipinski definition) is 3. The summed E-state index contributed by atoms with van der Waals surface area (Å²) in [5, 5.41) is 5.19. The summed E-state index contributed by atoms with van der Waals surface area (Å²) >= 11 is 0. The minimum atomic E-state index is -0.651. The lowest BCUT2D eigenvalue weighted by Gasteiger charge is -2.31. The van der Waals surface area contributed by atoms with Gasteiger partial charge in [0.15, 0.2) is 0 Å². The highest BCUT2D eigenvalue weighted by atomic mass is 19.1. The SMILES string of the molecule is CC[C@H](C)[C@H]1C(=O)Nc2cncc(F)c2CN1C(=O)NC. The lowest BCUT2D eigenvalue weighted by atomic mass is 9.97. The number of rotatable bonds is 2. The summed E-state index contributed by atoms with van der Waals surface area (Å²) in [5.74, 6) is -0.904. The van der Waals surface area contributed by atoms with Gasteiger partial charge in [-0.2, -0.15) is 0 Å². The smallest absolute Gasteiger partial charge is 0.318 e. The van der Waals surface area contributed by atoms with E-state index in [2.05, 4.69) is 15.6 Å². The second kappa shape index (κ2) is 6.07. The summed E-state index contributed by atoms with van der Waals surface area (Å²) < 4.78 is 14.0. The van der Waals surface area contributed by atoms with Gasteiger partial charge in [-0.25, -0.2) is 9.18 Å². The summed E-state index contributed by atoms with van der Waals surface area (Å²) in [4.78, 5) is 29.7. The summed E-state index contributed by atoms with van der Waals surface area (Å²) in [6.07, 6.45) is 3.20. The quantitative estimate of drug-likeness (QED) is 0.872. The highest BCUT2D eigenvalue weighted by Crippen LogP contribution is 2.28. The number of carbonyl (C=O) groups excluding carboxylic acids is 2. The summed E-state index contributed by atoms with van der Waals surface area (Å²) in [5.41, 5.74) is 0.590. The van der Waals surface area contributed by atoms with Crippen LogP contribution in [0.15, 0.2) is 12.4 Å². The molecule has 21 heavy (non-hydrogen) atoms. The number of anilines is 1. The number of hydrogen-bond donors (Lipinski definition) is 2. The largest absolute Gasteiger partial charge is 0.341 e. The maximum Gasteiger partial charge on any atom is 0.318 e. The van der Waals surface area contributed by atoms with E-state index >= 15 is 0 Å². The van der Waals surface area contributed by atoms with Gasteiger partial charge in [0, 0.05) is 12.6 Å². The van der Waals surface area contributed by atoms with Crippen LogP contribution in [0.25, 0.3) is 0 Å². The fourth-order valence-corrected chi connectivity index (χ4v) is 2.48. The molecular weight excluding hydrogens is 275 g/mol. The monoisotopic (exact) mass is 294 g/mol. The molecule has 1 aliphatic rings. The Morgan fingerprint density at radius 1 is 1.62 bits per heavy atom. The third-order valence-corrected chi connectivity index (χ3v) is 3.85. The van der Waals surface area contributed by atoms with E-state index in [1.54, 1.807) is 0 Å². The maximum atomic E-state index is 14.0. The van der Waals surface area contributed by atoms with Crippen molar-refractivity contribution in [2.45, 2.75) is 32.9 Å². The van der Waals surface area contributed by atoms with E-state index in [0.717, 1.165) is 12.6 Å². The van der Waals surface area contributed by atoms with Gasteiger partial charge in [-0.1, -0.05) is 20.3 Å². The number of pyridine rings is 1. The van der Waals surface area contributed by atoms with Crippen molar-refractivity contribution in [3.05, 3.63) is 23.8 Å². The Morgan fingerprint density at radius 3 is 2.95 bits per heavy atom. The molecule has 1 aromatic heterocycles. The number of fused-ring (bicyclic) bond motifs is 1. The first-order valence-corrected chi connectivity index (χ1v) is 6.91. The molecule has 0 saturated heterocycles. The van der Waals surface area contributed by atoms with Gasteiger partial charge in [0.05, 0.1) is 24.6 Å². The van der Waals surface area contributed by atoms with Gasteiger partial charge in [0.25, 0.3) is 0 Å². The zero-order valence-electron chi connectivity index (χ0n) is 12.3. The van der Waals surface area contributed by atoms with Crippen LogP contribution >= 0.6 is 0 Å². The number of urea groups is 1. The van der Waals surface area contributed by atoms with E-state index in [4.69, 9.17) is 0 Å². The average molecular weight is 294 g/mol. The Morgan fingerprint density at radius 2 is 2.33 bits per heavy atom. The van der Waals surface area contributed by atoms with E-state index in [0.29, 0.717) is 5.69 Å². The molecule has 1 aliphatic heterocycles. The number of aromatic nitrogens is 1.